The third kappa shape index (κ3) is 1.07. The Morgan fingerprint density at radius 2 is 2.29 bits per heavy atom. The molecule has 0 spiro atoms. The van der Waals surface area contributed by atoms with Gasteiger partial charge in [0.2, 0.25) is 0 Å². The molecular weight excluding hydrogens is 196 g/mol. The number of aromatic amines is 1. The second-order valence-corrected chi connectivity index (χ2v) is 4.41. The molecule has 1 aliphatic carbocycles. The zero-order valence-electron chi connectivity index (χ0n) is 7.97. The van der Waals surface area contributed by atoms with E-state index in [0.717, 1.165) is 10.5 Å². The molecule has 14 heavy (non-hydrogen) atoms. The minimum atomic E-state index is 0.696. The summed E-state index contributed by atoms with van der Waals surface area (Å²) in [5, 5.41) is 9.09. The monoisotopic (exact) mass is 206 g/mol. The molecule has 2 aromatic rings. The van der Waals surface area contributed by atoms with Crippen LogP contribution in [0.3, 0.4) is 0 Å². The quantitative estimate of drug-likeness (QED) is 0.761. The van der Waals surface area contributed by atoms with Crippen molar-refractivity contribution in [2.75, 3.05) is 0 Å². The first kappa shape index (κ1) is 8.30. The van der Waals surface area contributed by atoms with Gasteiger partial charge in [0.25, 0.3) is 0 Å². The van der Waals surface area contributed by atoms with Gasteiger partial charge in [0.05, 0.1) is 11.7 Å². The molecule has 0 unspecified atom stereocenters. The Hall–Kier alpha value is -1.02. The van der Waals surface area contributed by atoms with Crippen LogP contribution in [0.15, 0.2) is 12.3 Å². The fraction of sp³-hybridized carbons (Fsp3) is 0.364. The van der Waals surface area contributed by atoms with Crippen LogP contribution < -0.4 is 0 Å². The number of aryl methyl sites for hydroxylation is 1. The van der Waals surface area contributed by atoms with Gasteiger partial charge in [-0.25, -0.2) is 0 Å². The highest BCUT2D eigenvalue weighted by Gasteiger charge is 2.28. The van der Waals surface area contributed by atoms with Gasteiger partial charge in [-0.3, -0.25) is 5.10 Å². The van der Waals surface area contributed by atoms with Gasteiger partial charge in [-0.2, -0.15) is 5.10 Å². The van der Waals surface area contributed by atoms with Gasteiger partial charge < -0.3 is 0 Å². The number of fused-ring (bicyclic) bond motifs is 1. The number of H-pyrrole nitrogens is 1. The molecular formula is C11H11ClN2. The van der Waals surface area contributed by atoms with E-state index in [-0.39, 0.29) is 0 Å². The molecule has 1 aliphatic rings. The maximum Gasteiger partial charge on any atom is 0.0668 e. The lowest BCUT2D eigenvalue weighted by molar-refractivity contribution is 1.11. The van der Waals surface area contributed by atoms with Crippen molar-refractivity contribution >= 4 is 22.5 Å². The van der Waals surface area contributed by atoms with E-state index in [1.165, 1.54) is 29.4 Å². The first-order valence-corrected chi connectivity index (χ1v) is 5.27. The molecule has 1 fully saturated rings. The van der Waals surface area contributed by atoms with Gasteiger partial charge in [0.15, 0.2) is 0 Å². The van der Waals surface area contributed by atoms with E-state index in [1.54, 1.807) is 0 Å². The summed E-state index contributed by atoms with van der Waals surface area (Å²) in [5.41, 5.74) is 3.67. The normalized spacial score (nSPS) is 16.4. The van der Waals surface area contributed by atoms with Crippen LogP contribution in [0.2, 0.25) is 5.02 Å². The van der Waals surface area contributed by atoms with Gasteiger partial charge in [-0.15, -0.1) is 0 Å². The molecule has 1 heterocycles. The van der Waals surface area contributed by atoms with Crippen molar-refractivity contribution in [3.05, 3.63) is 28.4 Å². The molecule has 1 N–H and O–H groups in total. The molecule has 1 saturated carbocycles. The Labute approximate surface area is 87.3 Å². The van der Waals surface area contributed by atoms with Gasteiger partial charge in [0, 0.05) is 10.4 Å². The van der Waals surface area contributed by atoms with Crippen molar-refractivity contribution in [2.45, 2.75) is 25.7 Å². The highest BCUT2D eigenvalue weighted by Crippen LogP contribution is 2.46. The van der Waals surface area contributed by atoms with Crippen LogP contribution in [-0.4, -0.2) is 10.2 Å². The van der Waals surface area contributed by atoms with E-state index in [9.17, 15) is 0 Å². The minimum Gasteiger partial charge on any atom is -0.278 e. The number of hydrogen-bond acceptors (Lipinski definition) is 1. The fourth-order valence-electron chi connectivity index (χ4n) is 2.11. The van der Waals surface area contributed by atoms with Crippen molar-refractivity contribution in [2.24, 2.45) is 0 Å². The van der Waals surface area contributed by atoms with Gasteiger partial charge >= 0.3 is 0 Å². The summed E-state index contributed by atoms with van der Waals surface area (Å²) in [6.45, 7) is 2.14. The molecule has 3 rings (SSSR count). The summed E-state index contributed by atoms with van der Waals surface area (Å²) in [7, 11) is 0. The van der Waals surface area contributed by atoms with Gasteiger partial charge in [0.1, 0.15) is 0 Å². The van der Waals surface area contributed by atoms with Crippen LogP contribution in [0.1, 0.15) is 29.9 Å². The first-order chi connectivity index (χ1) is 6.77. The number of nitrogens with one attached hydrogen (secondary N) is 1. The predicted octanol–water partition coefficient (Wildman–Crippen LogP) is 3.40. The molecule has 72 valence electrons. The highest BCUT2D eigenvalue weighted by atomic mass is 35.5. The molecule has 2 nitrogen and oxygen atoms in total. The van der Waals surface area contributed by atoms with Crippen LogP contribution in [0.4, 0.5) is 0 Å². The van der Waals surface area contributed by atoms with Gasteiger partial charge in [-0.1, -0.05) is 11.6 Å². The molecule has 3 heteroatoms. The maximum atomic E-state index is 6.25. The number of benzene rings is 1. The third-order valence-electron chi connectivity index (χ3n) is 2.99. The Balaban J connectivity index is 2.36. The topological polar surface area (TPSA) is 28.7 Å². The number of hydrogen-bond donors (Lipinski definition) is 1. The molecule has 0 saturated heterocycles. The summed E-state index contributed by atoms with van der Waals surface area (Å²) in [6.07, 6.45) is 4.45. The SMILES string of the molecule is Cc1c(C2CC2)c(Cl)cc2[nH]ncc12. The summed E-state index contributed by atoms with van der Waals surface area (Å²) in [6, 6.07) is 1.99. The Morgan fingerprint density at radius 1 is 1.50 bits per heavy atom. The average molecular weight is 207 g/mol. The summed E-state index contributed by atoms with van der Waals surface area (Å²) in [4.78, 5) is 0. The predicted molar refractivity (Wildman–Crippen MR) is 57.8 cm³/mol. The average Bonchev–Trinajstić information content (AvgIpc) is 2.84. The lowest BCUT2D eigenvalue weighted by Crippen LogP contribution is -1.88. The summed E-state index contributed by atoms with van der Waals surface area (Å²) >= 11 is 6.25. The Kier molecular flexibility index (Phi) is 1.62. The van der Waals surface area contributed by atoms with Crippen LogP contribution in [0.25, 0.3) is 10.9 Å². The van der Waals surface area contributed by atoms with Gasteiger partial charge in [-0.05, 0) is 42.9 Å². The molecule has 0 bridgehead atoms. The molecule has 0 atom stereocenters. The minimum absolute atomic E-state index is 0.696. The van der Waals surface area contributed by atoms with E-state index in [1.807, 2.05) is 12.3 Å². The van der Waals surface area contributed by atoms with Crippen molar-refractivity contribution in [1.82, 2.24) is 10.2 Å². The second kappa shape index (κ2) is 2.74. The molecule has 1 aromatic carbocycles. The number of aromatic nitrogens is 2. The smallest absolute Gasteiger partial charge is 0.0668 e. The van der Waals surface area contributed by atoms with E-state index >= 15 is 0 Å². The van der Waals surface area contributed by atoms with Crippen molar-refractivity contribution in [1.29, 1.82) is 0 Å². The number of rotatable bonds is 1. The molecule has 0 aliphatic heterocycles. The van der Waals surface area contributed by atoms with Crippen molar-refractivity contribution in [3.63, 3.8) is 0 Å². The van der Waals surface area contributed by atoms with E-state index in [4.69, 9.17) is 11.6 Å². The molecule has 0 radical (unpaired) electrons. The van der Waals surface area contributed by atoms with Crippen LogP contribution in [0.5, 0.6) is 0 Å². The maximum absolute atomic E-state index is 6.25. The lowest BCUT2D eigenvalue weighted by atomic mass is 10.0. The zero-order valence-corrected chi connectivity index (χ0v) is 8.73. The second-order valence-electron chi connectivity index (χ2n) is 4.00. The number of halogens is 1. The summed E-state index contributed by atoms with van der Waals surface area (Å²) < 4.78 is 0. The molecule has 1 aromatic heterocycles. The fourth-order valence-corrected chi connectivity index (χ4v) is 2.51. The Morgan fingerprint density at radius 3 is 3.00 bits per heavy atom. The van der Waals surface area contributed by atoms with E-state index in [2.05, 4.69) is 17.1 Å². The Bertz CT molecular complexity index is 497. The molecule has 0 amide bonds. The standard InChI is InChI=1S/C11H11ClN2/c1-6-8-5-13-14-10(8)4-9(12)11(6)7-2-3-7/h4-5,7H,2-3H2,1H3,(H,13,14). The van der Waals surface area contributed by atoms with E-state index < -0.39 is 0 Å². The van der Waals surface area contributed by atoms with Crippen molar-refractivity contribution < 1.29 is 0 Å². The van der Waals surface area contributed by atoms with E-state index in [0.29, 0.717) is 5.92 Å². The summed E-state index contributed by atoms with van der Waals surface area (Å²) in [5.74, 6) is 0.696. The number of nitrogens with zero attached hydrogens (tertiary/aromatic N) is 1. The lowest BCUT2D eigenvalue weighted by Gasteiger charge is -2.07. The van der Waals surface area contributed by atoms with Crippen LogP contribution in [-0.2, 0) is 0 Å². The third-order valence-corrected chi connectivity index (χ3v) is 3.30. The van der Waals surface area contributed by atoms with Crippen LogP contribution >= 0.6 is 11.6 Å². The van der Waals surface area contributed by atoms with Crippen molar-refractivity contribution in [3.8, 4) is 0 Å². The highest BCUT2D eigenvalue weighted by molar-refractivity contribution is 6.32. The zero-order chi connectivity index (χ0) is 9.71. The first-order valence-electron chi connectivity index (χ1n) is 4.89. The largest absolute Gasteiger partial charge is 0.278 e. The van der Waals surface area contributed by atoms with Crippen LogP contribution in [0, 0.1) is 6.92 Å².